The molecular weight excluding hydrogens is 258 g/mol. The number of carbonyl (C=O) groups is 1. The molecule has 2 heteroatoms. The minimum atomic E-state index is -0.333. The first-order valence-electron chi connectivity index (χ1n) is 7.56. The molecule has 1 N–H and O–H groups in total. The third-order valence-electron chi connectivity index (χ3n) is 4.73. The summed E-state index contributed by atoms with van der Waals surface area (Å²) in [6.45, 7) is 4.15. The molecular formula is C19H21NO. The molecule has 1 fully saturated rings. The van der Waals surface area contributed by atoms with E-state index in [1.807, 2.05) is 30.3 Å². The number of carbonyl (C=O) groups excluding carboxylic acids is 1. The number of aryl methyl sites for hydroxylation is 2. The quantitative estimate of drug-likeness (QED) is 0.888. The van der Waals surface area contributed by atoms with Gasteiger partial charge in [0.1, 0.15) is 0 Å². The lowest BCUT2D eigenvalue weighted by Gasteiger charge is -2.40. The first-order valence-corrected chi connectivity index (χ1v) is 7.56. The lowest BCUT2D eigenvalue weighted by Crippen LogP contribution is -2.45. The Labute approximate surface area is 126 Å². The van der Waals surface area contributed by atoms with Crippen molar-refractivity contribution in [3.63, 3.8) is 0 Å². The second kappa shape index (κ2) is 5.36. The normalized spacial score (nSPS) is 16.1. The van der Waals surface area contributed by atoms with Crippen LogP contribution >= 0.6 is 0 Å². The van der Waals surface area contributed by atoms with Crippen LogP contribution in [0.4, 0.5) is 5.69 Å². The van der Waals surface area contributed by atoms with Gasteiger partial charge in [-0.1, -0.05) is 42.8 Å². The highest BCUT2D eigenvalue weighted by atomic mass is 16.2. The second-order valence-corrected chi connectivity index (χ2v) is 6.05. The van der Waals surface area contributed by atoms with Crippen molar-refractivity contribution in [2.45, 2.75) is 38.5 Å². The Kier molecular flexibility index (Phi) is 3.54. The van der Waals surface area contributed by atoms with Gasteiger partial charge in [0.15, 0.2) is 0 Å². The van der Waals surface area contributed by atoms with Crippen LogP contribution in [0.5, 0.6) is 0 Å². The van der Waals surface area contributed by atoms with Crippen LogP contribution in [0.1, 0.15) is 36.0 Å². The lowest BCUT2D eigenvalue weighted by molar-refractivity contribution is -0.124. The average Bonchev–Trinajstić information content (AvgIpc) is 2.43. The van der Waals surface area contributed by atoms with Crippen LogP contribution in [0.3, 0.4) is 0 Å². The number of anilines is 1. The molecule has 1 amide bonds. The maximum Gasteiger partial charge on any atom is 0.235 e. The van der Waals surface area contributed by atoms with E-state index in [2.05, 4.69) is 37.4 Å². The van der Waals surface area contributed by atoms with Gasteiger partial charge in [0.05, 0.1) is 5.41 Å². The molecule has 0 aliphatic heterocycles. The summed E-state index contributed by atoms with van der Waals surface area (Å²) >= 11 is 0. The number of hydrogen-bond acceptors (Lipinski definition) is 1. The van der Waals surface area contributed by atoms with Crippen LogP contribution < -0.4 is 5.32 Å². The molecule has 0 atom stereocenters. The van der Waals surface area contributed by atoms with Crippen LogP contribution in [0.15, 0.2) is 48.5 Å². The summed E-state index contributed by atoms with van der Waals surface area (Å²) in [6, 6.07) is 16.2. The maximum absolute atomic E-state index is 12.8. The number of nitrogens with one attached hydrogen (secondary N) is 1. The summed E-state index contributed by atoms with van der Waals surface area (Å²) in [4.78, 5) is 12.8. The van der Waals surface area contributed by atoms with Crippen molar-refractivity contribution in [3.05, 3.63) is 65.2 Å². The van der Waals surface area contributed by atoms with Crippen LogP contribution in [0, 0.1) is 13.8 Å². The van der Waals surface area contributed by atoms with Crippen LogP contribution in [-0.4, -0.2) is 5.91 Å². The van der Waals surface area contributed by atoms with Gasteiger partial charge in [0.25, 0.3) is 0 Å². The Morgan fingerprint density at radius 1 is 1.00 bits per heavy atom. The molecule has 3 rings (SSSR count). The molecule has 0 spiro atoms. The van der Waals surface area contributed by atoms with E-state index >= 15 is 0 Å². The van der Waals surface area contributed by atoms with Crippen molar-refractivity contribution in [2.75, 3.05) is 5.32 Å². The first-order chi connectivity index (χ1) is 10.1. The van der Waals surface area contributed by atoms with E-state index in [0.29, 0.717) is 0 Å². The second-order valence-electron chi connectivity index (χ2n) is 6.05. The van der Waals surface area contributed by atoms with Crippen molar-refractivity contribution < 1.29 is 4.79 Å². The molecule has 108 valence electrons. The fourth-order valence-corrected chi connectivity index (χ4v) is 3.00. The Morgan fingerprint density at radius 3 is 2.29 bits per heavy atom. The standard InChI is InChI=1S/C19H21NO/c1-14-9-10-17(13-15(14)2)20-18(21)19(11-6-12-19)16-7-4-3-5-8-16/h3-5,7-10,13H,6,11-12H2,1-2H3,(H,20,21). The van der Waals surface area contributed by atoms with E-state index in [4.69, 9.17) is 0 Å². The first kappa shape index (κ1) is 13.9. The van der Waals surface area contributed by atoms with E-state index in [1.165, 1.54) is 11.1 Å². The molecule has 2 nitrogen and oxygen atoms in total. The number of benzene rings is 2. The molecule has 0 radical (unpaired) electrons. The van der Waals surface area contributed by atoms with Gasteiger partial charge < -0.3 is 5.32 Å². The molecule has 1 saturated carbocycles. The molecule has 0 unspecified atom stereocenters. The largest absolute Gasteiger partial charge is 0.325 e. The predicted octanol–water partition coefficient (Wildman–Crippen LogP) is 4.36. The molecule has 1 aliphatic carbocycles. The highest BCUT2D eigenvalue weighted by Crippen LogP contribution is 2.44. The van der Waals surface area contributed by atoms with E-state index in [1.54, 1.807) is 0 Å². The lowest BCUT2D eigenvalue weighted by atomic mass is 9.64. The minimum absolute atomic E-state index is 0.128. The minimum Gasteiger partial charge on any atom is -0.325 e. The highest BCUT2D eigenvalue weighted by Gasteiger charge is 2.45. The summed E-state index contributed by atoms with van der Waals surface area (Å²) in [5.41, 5.74) is 4.15. The summed E-state index contributed by atoms with van der Waals surface area (Å²) in [5.74, 6) is 0.128. The summed E-state index contributed by atoms with van der Waals surface area (Å²) < 4.78 is 0. The zero-order valence-corrected chi connectivity index (χ0v) is 12.6. The van der Waals surface area contributed by atoms with E-state index in [0.717, 1.165) is 30.5 Å². The van der Waals surface area contributed by atoms with Gasteiger partial charge >= 0.3 is 0 Å². The molecule has 1 aliphatic rings. The smallest absolute Gasteiger partial charge is 0.235 e. The number of rotatable bonds is 3. The third-order valence-corrected chi connectivity index (χ3v) is 4.73. The average molecular weight is 279 g/mol. The van der Waals surface area contributed by atoms with Gasteiger partial charge in [-0.25, -0.2) is 0 Å². The van der Waals surface area contributed by atoms with E-state index in [-0.39, 0.29) is 11.3 Å². The Hall–Kier alpha value is -2.09. The Bertz CT molecular complexity index is 657. The van der Waals surface area contributed by atoms with Crippen molar-refractivity contribution in [1.29, 1.82) is 0 Å². The van der Waals surface area contributed by atoms with Crippen LogP contribution in [-0.2, 0) is 10.2 Å². The van der Waals surface area contributed by atoms with Crippen molar-refractivity contribution >= 4 is 11.6 Å². The van der Waals surface area contributed by atoms with Gasteiger partial charge in [-0.2, -0.15) is 0 Å². The van der Waals surface area contributed by atoms with Gasteiger partial charge in [-0.15, -0.1) is 0 Å². The van der Waals surface area contributed by atoms with Gasteiger partial charge in [-0.05, 0) is 55.5 Å². The van der Waals surface area contributed by atoms with Gasteiger partial charge in [-0.3, -0.25) is 4.79 Å². The zero-order valence-electron chi connectivity index (χ0n) is 12.6. The van der Waals surface area contributed by atoms with Gasteiger partial charge in [0.2, 0.25) is 5.91 Å². The van der Waals surface area contributed by atoms with E-state index in [9.17, 15) is 4.79 Å². The maximum atomic E-state index is 12.8. The number of amides is 1. The van der Waals surface area contributed by atoms with Crippen LogP contribution in [0.2, 0.25) is 0 Å². The molecule has 21 heavy (non-hydrogen) atoms. The third kappa shape index (κ3) is 2.46. The van der Waals surface area contributed by atoms with E-state index < -0.39 is 0 Å². The fraction of sp³-hybridized carbons (Fsp3) is 0.316. The van der Waals surface area contributed by atoms with Crippen molar-refractivity contribution in [2.24, 2.45) is 0 Å². The molecule has 0 aromatic heterocycles. The van der Waals surface area contributed by atoms with Crippen molar-refractivity contribution in [1.82, 2.24) is 0 Å². The predicted molar refractivity (Wildman–Crippen MR) is 86.5 cm³/mol. The Balaban J connectivity index is 1.85. The molecule has 2 aromatic rings. The topological polar surface area (TPSA) is 29.1 Å². The molecule has 0 saturated heterocycles. The van der Waals surface area contributed by atoms with Gasteiger partial charge in [0, 0.05) is 5.69 Å². The fourth-order valence-electron chi connectivity index (χ4n) is 3.00. The number of hydrogen-bond donors (Lipinski definition) is 1. The SMILES string of the molecule is Cc1ccc(NC(=O)C2(c3ccccc3)CCC2)cc1C. The Morgan fingerprint density at radius 2 is 1.71 bits per heavy atom. The summed E-state index contributed by atoms with van der Waals surface area (Å²) in [7, 11) is 0. The van der Waals surface area contributed by atoms with Crippen LogP contribution in [0.25, 0.3) is 0 Å². The molecule has 0 bridgehead atoms. The molecule has 2 aromatic carbocycles. The summed E-state index contributed by atoms with van der Waals surface area (Å²) in [5, 5.41) is 3.11. The molecule has 0 heterocycles. The summed E-state index contributed by atoms with van der Waals surface area (Å²) in [6.07, 6.45) is 3.00. The van der Waals surface area contributed by atoms with Crippen molar-refractivity contribution in [3.8, 4) is 0 Å². The monoisotopic (exact) mass is 279 g/mol. The zero-order chi connectivity index (χ0) is 14.9. The highest BCUT2D eigenvalue weighted by molar-refractivity contribution is 6.00.